The Bertz CT molecular complexity index is 1250. The number of anilines is 2. The highest BCUT2D eigenvalue weighted by Crippen LogP contribution is 2.31. The number of halogens is 2. The highest BCUT2D eigenvalue weighted by molar-refractivity contribution is 6.30. The van der Waals surface area contributed by atoms with Gasteiger partial charge in [0.05, 0.1) is 0 Å². The number of aromatic nitrogens is 1. The normalized spacial score (nSPS) is 14.1. The highest BCUT2D eigenvalue weighted by Gasteiger charge is 2.34. The molecule has 1 heterocycles. The van der Waals surface area contributed by atoms with Crippen LogP contribution in [-0.4, -0.2) is 28.7 Å². The zero-order valence-electron chi connectivity index (χ0n) is 20.9. The number of nitrogens with zero attached hydrogens (tertiary/aromatic N) is 2. The maximum Gasteiger partial charge on any atom is 0.248 e. The van der Waals surface area contributed by atoms with Crippen LogP contribution in [0.15, 0.2) is 72.9 Å². The third-order valence-corrected chi connectivity index (χ3v) is 6.73. The molecular formula is C29H30ClFN4O3. The molecule has 0 saturated heterocycles. The number of hydrogen-bond donors (Lipinski definition) is 2. The third kappa shape index (κ3) is 7.38. The number of rotatable bonds is 10. The fourth-order valence-corrected chi connectivity index (χ4v) is 4.76. The van der Waals surface area contributed by atoms with Gasteiger partial charge in [0.2, 0.25) is 17.7 Å². The van der Waals surface area contributed by atoms with Gasteiger partial charge in [-0.2, -0.15) is 0 Å². The largest absolute Gasteiger partial charge is 0.351 e. The molecule has 1 fully saturated rings. The third-order valence-electron chi connectivity index (χ3n) is 6.48. The lowest BCUT2D eigenvalue weighted by Crippen LogP contribution is -2.46. The molecule has 38 heavy (non-hydrogen) atoms. The summed E-state index contributed by atoms with van der Waals surface area (Å²) in [4.78, 5) is 45.1. The molecule has 3 aromatic rings. The molecule has 0 radical (unpaired) electrons. The summed E-state index contributed by atoms with van der Waals surface area (Å²) in [5.41, 5.74) is 0.810. The van der Waals surface area contributed by atoms with Gasteiger partial charge in [0, 0.05) is 35.8 Å². The van der Waals surface area contributed by atoms with E-state index in [-0.39, 0.29) is 42.8 Å². The minimum absolute atomic E-state index is 0.0209. The van der Waals surface area contributed by atoms with Crippen LogP contribution in [0.1, 0.15) is 56.6 Å². The second-order valence-corrected chi connectivity index (χ2v) is 9.74. The van der Waals surface area contributed by atoms with E-state index in [0.29, 0.717) is 16.4 Å². The first-order valence-electron chi connectivity index (χ1n) is 12.7. The van der Waals surface area contributed by atoms with Crippen LogP contribution < -0.4 is 15.5 Å². The number of carbonyl (C=O) groups excluding carboxylic acids is 3. The van der Waals surface area contributed by atoms with Gasteiger partial charge in [0.25, 0.3) is 0 Å². The van der Waals surface area contributed by atoms with Crippen molar-refractivity contribution >= 4 is 40.8 Å². The minimum Gasteiger partial charge on any atom is -0.351 e. The summed E-state index contributed by atoms with van der Waals surface area (Å²) in [6, 6.07) is 16.5. The van der Waals surface area contributed by atoms with E-state index in [9.17, 15) is 18.8 Å². The number of benzene rings is 2. The van der Waals surface area contributed by atoms with Crippen molar-refractivity contribution in [2.24, 2.45) is 0 Å². The van der Waals surface area contributed by atoms with E-state index in [1.54, 1.807) is 54.7 Å². The summed E-state index contributed by atoms with van der Waals surface area (Å²) >= 11 is 6.10. The fourth-order valence-electron chi connectivity index (χ4n) is 4.64. The van der Waals surface area contributed by atoms with Crippen LogP contribution in [0.4, 0.5) is 15.9 Å². The molecule has 4 rings (SSSR count). The molecule has 1 aliphatic rings. The topological polar surface area (TPSA) is 91.4 Å². The molecule has 0 aliphatic heterocycles. The molecule has 1 aliphatic carbocycles. The molecule has 1 saturated carbocycles. The highest BCUT2D eigenvalue weighted by atomic mass is 35.5. The van der Waals surface area contributed by atoms with Crippen LogP contribution in [0.3, 0.4) is 0 Å². The van der Waals surface area contributed by atoms with E-state index in [4.69, 9.17) is 11.6 Å². The lowest BCUT2D eigenvalue weighted by Gasteiger charge is -2.32. The zero-order chi connectivity index (χ0) is 26.9. The second kappa shape index (κ2) is 13.1. The van der Waals surface area contributed by atoms with Gasteiger partial charge in [-0.25, -0.2) is 9.37 Å². The molecule has 9 heteroatoms. The molecule has 3 amide bonds. The summed E-state index contributed by atoms with van der Waals surface area (Å²) in [6.45, 7) is 0. The first-order valence-corrected chi connectivity index (χ1v) is 13.1. The summed E-state index contributed by atoms with van der Waals surface area (Å²) in [5.74, 6) is -1.12. The quantitative estimate of drug-likeness (QED) is 0.342. The van der Waals surface area contributed by atoms with E-state index in [2.05, 4.69) is 15.6 Å². The van der Waals surface area contributed by atoms with Crippen molar-refractivity contribution < 1.29 is 18.8 Å². The molecule has 0 bridgehead atoms. The van der Waals surface area contributed by atoms with E-state index in [0.717, 1.165) is 25.7 Å². The Morgan fingerprint density at radius 3 is 2.45 bits per heavy atom. The number of amides is 3. The summed E-state index contributed by atoms with van der Waals surface area (Å²) in [5, 5.41) is 6.27. The van der Waals surface area contributed by atoms with Crippen LogP contribution in [0.2, 0.25) is 5.02 Å². The maximum atomic E-state index is 14.3. The lowest BCUT2D eigenvalue weighted by atomic mass is 10.0. The van der Waals surface area contributed by atoms with Gasteiger partial charge >= 0.3 is 0 Å². The summed E-state index contributed by atoms with van der Waals surface area (Å²) < 4.78 is 14.3. The minimum atomic E-state index is -1.04. The van der Waals surface area contributed by atoms with E-state index in [1.807, 2.05) is 0 Å². The van der Waals surface area contributed by atoms with E-state index >= 15 is 0 Å². The predicted molar refractivity (Wildman–Crippen MR) is 145 cm³/mol. The van der Waals surface area contributed by atoms with Gasteiger partial charge < -0.3 is 10.6 Å². The van der Waals surface area contributed by atoms with Crippen molar-refractivity contribution in [2.45, 2.75) is 57.0 Å². The van der Waals surface area contributed by atoms with Crippen LogP contribution in [0, 0.1) is 5.82 Å². The SMILES string of the molecule is O=C(CCCC(=O)N(c1cccc(F)c1)[C@@H](C(=O)NC1CCCC1)c1ccc(Cl)cc1)Nc1ccccn1. The Kier molecular flexibility index (Phi) is 9.43. The van der Waals surface area contributed by atoms with Crippen molar-refractivity contribution in [1.82, 2.24) is 10.3 Å². The molecule has 2 N–H and O–H groups in total. The van der Waals surface area contributed by atoms with Crippen molar-refractivity contribution in [3.8, 4) is 0 Å². The van der Waals surface area contributed by atoms with Gasteiger partial charge in [-0.05, 0) is 67.3 Å². The second-order valence-electron chi connectivity index (χ2n) is 9.30. The molecule has 0 spiro atoms. The monoisotopic (exact) mass is 536 g/mol. The fraction of sp³-hybridized carbons (Fsp3) is 0.310. The van der Waals surface area contributed by atoms with Crippen LogP contribution >= 0.6 is 11.6 Å². The van der Waals surface area contributed by atoms with Gasteiger partial charge in [0.15, 0.2) is 0 Å². The van der Waals surface area contributed by atoms with Crippen molar-refractivity contribution in [2.75, 3.05) is 10.2 Å². The first kappa shape index (κ1) is 27.3. The van der Waals surface area contributed by atoms with Gasteiger partial charge in [0.1, 0.15) is 17.7 Å². The van der Waals surface area contributed by atoms with E-state index < -0.39 is 17.8 Å². The Labute approximate surface area is 226 Å². The number of nitrogens with one attached hydrogen (secondary N) is 2. The predicted octanol–water partition coefficient (Wildman–Crippen LogP) is 5.82. The van der Waals surface area contributed by atoms with Gasteiger partial charge in [-0.1, -0.05) is 48.7 Å². The Morgan fingerprint density at radius 1 is 1.00 bits per heavy atom. The smallest absolute Gasteiger partial charge is 0.248 e. The Hall–Kier alpha value is -3.78. The van der Waals surface area contributed by atoms with Crippen LogP contribution in [-0.2, 0) is 14.4 Å². The van der Waals surface area contributed by atoms with Crippen molar-refractivity contribution in [3.63, 3.8) is 0 Å². The standard InChI is InChI=1S/C29H30ClFN4O3/c30-21-16-14-20(15-17-21)28(29(38)33-23-8-1-2-9-23)35(24-10-5-7-22(31)19-24)27(37)13-6-12-26(36)34-25-11-3-4-18-32-25/h3-5,7,10-11,14-19,23,28H,1-2,6,8-9,12-13H2,(H,33,38)(H,32,34,36)/t28-/m1/s1. The lowest BCUT2D eigenvalue weighted by molar-refractivity contribution is -0.127. The number of carbonyl (C=O) groups is 3. The molecule has 0 unspecified atom stereocenters. The molecule has 198 valence electrons. The van der Waals surface area contributed by atoms with Gasteiger partial charge in [-0.15, -0.1) is 0 Å². The van der Waals surface area contributed by atoms with Crippen LogP contribution in [0.5, 0.6) is 0 Å². The Morgan fingerprint density at radius 2 is 1.76 bits per heavy atom. The zero-order valence-corrected chi connectivity index (χ0v) is 21.7. The molecule has 1 aromatic heterocycles. The first-order chi connectivity index (χ1) is 18.4. The molecule has 1 atom stereocenters. The number of pyridine rings is 1. The van der Waals surface area contributed by atoms with Crippen molar-refractivity contribution in [3.05, 3.63) is 89.3 Å². The molecule has 7 nitrogen and oxygen atoms in total. The Balaban J connectivity index is 1.57. The average molecular weight is 537 g/mol. The summed E-state index contributed by atoms with van der Waals surface area (Å²) in [7, 11) is 0. The average Bonchev–Trinajstić information content (AvgIpc) is 3.41. The number of hydrogen-bond acceptors (Lipinski definition) is 4. The van der Waals surface area contributed by atoms with E-state index in [1.165, 1.54) is 23.1 Å². The maximum absolute atomic E-state index is 14.3. The van der Waals surface area contributed by atoms with Crippen molar-refractivity contribution in [1.29, 1.82) is 0 Å². The van der Waals surface area contributed by atoms with Crippen LogP contribution in [0.25, 0.3) is 0 Å². The summed E-state index contributed by atoms with van der Waals surface area (Å²) in [6.07, 6.45) is 5.68. The molecular weight excluding hydrogens is 507 g/mol. The molecule has 2 aromatic carbocycles. The van der Waals surface area contributed by atoms with Gasteiger partial charge in [-0.3, -0.25) is 19.3 Å².